The van der Waals surface area contributed by atoms with Gasteiger partial charge in [0.2, 0.25) is 0 Å². The van der Waals surface area contributed by atoms with Gasteiger partial charge in [-0.3, -0.25) is 24.1 Å². The van der Waals surface area contributed by atoms with Crippen LogP contribution in [0.25, 0.3) is 0 Å². The Morgan fingerprint density at radius 3 is 2.52 bits per heavy atom. The second-order valence-corrected chi connectivity index (χ2v) is 9.55. The summed E-state index contributed by atoms with van der Waals surface area (Å²) < 4.78 is 1.86. The summed E-state index contributed by atoms with van der Waals surface area (Å²) in [4.78, 5) is 32.6. The van der Waals surface area contributed by atoms with E-state index in [9.17, 15) is 9.59 Å². The molecule has 3 heterocycles. The van der Waals surface area contributed by atoms with Gasteiger partial charge in [0.05, 0.1) is 29.1 Å². The van der Waals surface area contributed by atoms with Gasteiger partial charge in [0, 0.05) is 45.0 Å². The maximum atomic E-state index is 13.3. The van der Waals surface area contributed by atoms with Gasteiger partial charge >= 0.3 is 0 Å². The van der Waals surface area contributed by atoms with Gasteiger partial charge in [-0.2, -0.15) is 5.10 Å². The number of piperazine rings is 1. The topological polar surface area (TPSA) is 61.7 Å². The van der Waals surface area contributed by atoms with Crippen LogP contribution in [0.3, 0.4) is 0 Å². The molecule has 1 aliphatic carbocycles. The van der Waals surface area contributed by atoms with Crippen molar-refractivity contribution in [3.8, 4) is 0 Å². The van der Waals surface area contributed by atoms with E-state index in [1.807, 2.05) is 36.7 Å². The van der Waals surface area contributed by atoms with E-state index in [2.05, 4.69) is 27.1 Å². The van der Waals surface area contributed by atoms with Crippen LogP contribution < -0.4 is 4.90 Å². The van der Waals surface area contributed by atoms with Crippen LogP contribution >= 0.6 is 0 Å². The van der Waals surface area contributed by atoms with E-state index in [1.54, 1.807) is 6.07 Å². The Bertz CT molecular complexity index is 1080. The third-order valence-electron chi connectivity index (χ3n) is 7.22. The number of amides is 2. The number of benzene rings is 1. The Morgan fingerprint density at radius 1 is 1.00 bits per heavy atom. The minimum absolute atomic E-state index is 0.177. The lowest BCUT2D eigenvalue weighted by Crippen LogP contribution is -2.48. The first kappa shape index (κ1) is 21.9. The molecule has 2 aliphatic heterocycles. The maximum Gasteiger partial charge on any atom is 0.263 e. The lowest BCUT2D eigenvalue weighted by Gasteiger charge is -2.38. The lowest BCUT2D eigenvalue weighted by molar-refractivity contribution is 0.0647. The van der Waals surface area contributed by atoms with Gasteiger partial charge in [-0.1, -0.05) is 18.2 Å². The summed E-state index contributed by atoms with van der Waals surface area (Å²) in [7, 11) is 0. The second kappa shape index (κ2) is 9.14. The molecule has 1 saturated heterocycles. The summed E-state index contributed by atoms with van der Waals surface area (Å²) >= 11 is 0. The van der Waals surface area contributed by atoms with Gasteiger partial charge in [-0.05, 0) is 57.2 Å². The van der Waals surface area contributed by atoms with Gasteiger partial charge in [0.1, 0.15) is 0 Å². The number of aromatic nitrogens is 2. The van der Waals surface area contributed by atoms with E-state index in [4.69, 9.17) is 0 Å². The van der Waals surface area contributed by atoms with Gasteiger partial charge < -0.3 is 4.90 Å². The lowest BCUT2D eigenvalue weighted by atomic mass is 9.94. The smallest absolute Gasteiger partial charge is 0.263 e. The number of fused-ring (bicyclic) bond motifs is 1. The summed E-state index contributed by atoms with van der Waals surface area (Å²) in [5.41, 5.74) is 3.98. The fraction of sp³-hybridized carbons (Fsp3) is 0.500. The first-order valence-electron chi connectivity index (χ1n) is 12.1. The molecule has 5 rings (SSSR count). The standard InChI is InChI=1S/C26H33N5O2/c1-19-17-20(2)31(27-19)16-15-30-25(32)22-9-6-10-23(24(22)26(30)33)29-13-11-28(12-14-29)18-21-7-4-3-5-8-21/h3-4,6,9-10,17,21H,5,7-8,11-16,18H2,1-2H3. The average molecular weight is 448 g/mol. The van der Waals surface area contributed by atoms with E-state index in [0.717, 1.165) is 55.7 Å². The Morgan fingerprint density at radius 2 is 1.82 bits per heavy atom. The molecule has 7 nitrogen and oxygen atoms in total. The molecule has 2 amide bonds. The SMILES string of the molecule is Cc1cc(C)n(CCN2C(=O)c3cccc(N4CCN(CC5CC=CCC5)CC4)c3C2=O)n1. The molecule has 1 aromatic heterocycles. The molecule has 0 bridgehead atoms. The van der Waals surface area contributed by atoms with Crippen molar-refractivity contribution in [1.82, 2.24) is 19.6 Å². The molecule has 0 N–H and O–H groups in total. The van der Waals surface area contributed by atoms with E-state index >= 15 is 0 Å². The number of rotatable bonds is 6. The first-order valence-corrected chi connectivity index (χ1v) is 12.1. The van der Waals surface area contributed by atoms with Crippen LogP contribution in [-0.4, -0.2) is 70.7 Å². The van der Waals surface area contributed by atoms with E-state index in [0.29, 0.717) is 24.2 Å². The average Bonchev–Trinajstić information content (AvgIpc) is 3.28. The number of nitrogens with zero attached hydrogens (tertiary/aromatic N) is 5. The highest BCUT2D eigenvalue weighted by Gasteiger charge is 2.38. The molecule has 3 aliphatic rings. The number of anilines is 1. The molecule has 7 heteroatoms. The molecular weight excluding hydrogens is 414 g/mol. The van der Waals surface area contributed by atoms with Crippen LogP contribution in [0.15, 0.2) is 36.4 Å². The van der Waals surface area contributed by atoms with E-state index < -0.39 is 0 Å². The maximum absolute atomic E-state index is 13.3. The number of carbonyl (C=O) groups is 2. The van der Waals surface area contributed by atoms with Gasteiger partial charge in [-0.25, -0.2) is 0 Å². The fourth-order valence-electron chi connectivity index (χ4n) is 5.44. The molecule has 0 radical (unpaired) electrons. The Labute approximate surface area is 195 Å². The minimum atomic E-state index is -0.192. The molecule has 1 atom stereocenters. The summed E-state index contributed by atoms with van der Waals surface area (Å²) in [5.74, 6) is 0.392. The van der Waals surface area contributed by atoms with Gasteiger partial charge in [-0.15, -0.1) is 0 Å². The van der Waals surface area contributed by atoms with Gasteiger partial charge in [0.15, 0.2) is 0 Å². The normalized spacial score (nSPS) is 21.2. The number of aryl methyl sites for hydroxylation is 2. The molecular formula is C26H33N5O2. The van der Waals surface area contributed by atoms with Crippen LogP contribution in [0, 0.1) is 19.8 Å². The van der Waals surface area contributed by atoms with Crippen LogP contribution in [-0.2, 0) is 6.54 Å². The molecule has 0 spiro atoms. The molecule has 33 heavy (non-hydrogen) atoms. The summed E-state index contributed by atoms with van der Waals surface area (Å²) in [5, 5.41) is 4.46. The Balaban J connectivity index is 1.26. The zero-order valence-corrected chi connectivity index (χ0v) is 19.7. The van der Waals surface area contributed by atoms with Crippen LogP contribution in [0.1, 0.15) is 51.4 Å². The molecule has 0 saturated carbocycles. The Kier molecular flexibility index (Phi) is 6.06. The van der Waals surface area contributed by atoms with Crippen molar-refractivity contribution in [3.63, 3.8) is 0 Å². The van der Waals surface area contributed by atoms with Crippen molar-refractivity contribution < 1.29 is 9.59 Å². The molecule has 2 aromatic rings. The number of allylic oxidation sites excluding steroid dienone is 2. The predicted molar refractivity (Wildman–Crippen MR) is 129 cm³/mol. The third kappa shape index (κ3) is 4.34. The summed E-state index contributed by atoms with van der Waals surface area (Å²) in [6.45, 7) is 9.68. The van der Waals surface area contributed by atoms with E-state index in [1.165, 1.54) is 24.2 Å². The van der Waals surface area contributed by atoms with Crippen LogP contribution in [0.4, 0.5) is 5.69 Å². The zero-order valence-electron chi connectivity index (χ0n) is 19.7. The van der Waals surface area contributed by atoms with E-state index in [-0.39, 0.29) is 11.8 Å². The monoisotopic (exact) mass is 447 g/mol. The quantitative estimate of drug-likeness (QED) is 0.502. The number of imide groups is 1. The number of carbonyl (C=O) groups excluding carboxylic acids is 2. The minimum Gasteiger partial charge on any atom is -0.368 e. The van der Waals surface area contributed by atoms with Crippen LogP contribution in [0.5, 0.6) is 0 Å². The molecule has 1 fully saturated rings. The predicted octanol–water partition coefficient (Wildman–Crippen LogP) is 3.27. The first-order chi connectivity index (χ1) is 16.0. The molecule has 1 aromatic carbocycles. The fourth-order valence-corrected chi connectivity index (χ4v) is 5.44. The highest BCUT2D eigenvalue weighted by atomic mass is 16.2. The number of hydrogen-bond acceptors (Lipinski definition) is 5. The largest absolute Gasteiger partial charge is 0.368 e. The Hall–Kier alpha value is -2.93. The highest BCUT2D eigenvalue weighted by molar-refractivity contribution is 6.23. The highest BCUT2D eigenvalue weighted by Crippen LogP contribution is 2.32. The van der Waals surface area contributed by atoms with Crippen molar-refractivity contribution in [2.75, 3.05) is 44.2 Å². The van der Waals surface area contributed by atoms with Crippen molar-refractivity contribution in [2.45, 2.75) is 39.7 Å². The summed E-state index contributed by atoms with van der Waals surface area (Å²) in [6.07, 6.45) is 8.29. The molecule has 174 valence electrons. The van der Waals surface area contributed by atoms with Crippen molar-refractivity contribution in [2.24, 2.45) is 5.92 Å². The zero-order chi connectivity index (χ0) is 22.9. The van der Waals surface area contributed by atoms with Crippen molar-refractivity contribution in [1.29, 1.82) is 0 Å². The van der Waals surface area contributed by atoms with Crippen LogP contribution in [0.2, 0.25) is 0 Å². The number of hydrogen-bond donors (Lipinski definition) is 0. The second-order valence-electron chi connectivity index (χ2n) is 9.55. The van der Waals surface area contributed by atoms with Gasteiger partial charge in [0.25, 0.3) is 11.8 Å². The summed E-state index contributed by atoms with van der Waals surface area (Å²) in [6, 6.07) is 7.70. The van der Waals surface area contributed by atoms with Crippen molar-refractivity contribution >= 4 is 17.5 Å². The third-order valence-corrected chi connectivity index (χ3v) is 7.22. The van der Waals surface area contributed by atoms with Crippen molar-refractivity contribution in [3.05, 3.63) is 58.9 Å². The molecule has 1 unspecified atom stereocenters.